The Morgan fingerprint density at radius 1 is 1.45 bits per heavy atom. The van der Waals surface area contributed by atoms with Gasteiger partial charge in [-0.3, -0.25) is 14.5 Å². The van der Waals surface area contributed by atoms with Crippen molar-refractivity contribution in [1.82, 2.24) is 9.80 Å². The van der Waals surface area contributed by atoms with E-state index >= 15 is 0 Å². The van der Waals surface area contributed by atoms with Crippen molar-refractivity contribution in [3.63, 3.8) is 0 Å². The lowest BCUT2D eigenvalue weighted by atomic mass is 9.77. The smallest absolute Gasteiger partial charge is 0.311 e. The molecule has 2 aliphatic heterocycles. The van der Waals surface area contributed by atoms with Crippen LogP contribution in [-0.4, -0.2) is 54.5 Å². The first-order valence-electron chi connectivity index (χ1n) is 7.66. The summed E-state index contributed by atoms with van der Waals surface area (Å²) in [6.45, 7) is 2.45. The highest BCUT2D eigenvalue weighted by atomic mass is 16.5. The van der Waals surface area contributed by atoms with Crippen molar-refractivity contribution in [3.05, 3.63) is 24.2 Å². The van der Waals surface area contributed by atoms with Gasteiger partial charge in [-0.25, -0.2) is 0 Å². The highest BCUT2D eigenvalue weighted by Gasteiger charge is 2.55. The zero-order valence-corrected chi connectivity index (χ0v) is 13.1. The largest absolute Gasteiger partial charge is 0.469 e. The molecule has 1 unspecified atom stereocenters. The van der Waals surface area contributed by atoms with Crippen molar-refractivity contribution in [1.29, 1.82) is 0 Å². The van der Waals surface area contributed by atoms with Gasteiger partial charge in [0.15, 0.2) is 0 Å². The van der Waals surface area contributed by atoms with E-state index < -0.39 is 0 Å². The third-order valence-electron chi connectivity index (χ3n) is 5.24. The Morgan fingerprint density at radius 2 is 2.18 bits per heavy atom. The molecule has 1 spiro atoms. The summed E-state index contributed by atoms with van der Waals surface area (Å²) in [4.78, 5) is 28.3. The highest BCUT2D eigenvalue weighted by molar-refractivity contribution is 5.88. The van der Waals surface area contributed by atoms with E-state index in [1.165, 1.54) is 7.11 Å². The summed E-state index contributed by atoms with van der Waals surface area (Å²) in [6.07, 6.45) is 3.52. The molecule has 6 nitrogen and oxygen atoms in total. The van der Waals surface area contributed by atoms with Crippen LogP contribution in [0.4, 0.5) is 0 Å². The number of piperidine rings is 1. The molecular weight excluding hydrogens is 284 g/mol. The number of carbonyl (C=O) groups is 2. The Kier molecular flexibility index (Phi) is 3.95. The fraction of sp³-hybridized carbons (Fsp3) is 0.625. The summed E-state index contributed by atoms with van der Waals surface area (Å²) in [5.74, 6) is 0.365. The number of carbonyl (C=O) groups excluding carboxylic acids is 2. The number of furan rings is 1. The van der Waals surface area contributed by atoms with Gasteiger partial charge >= 0.3 is 5.97 Å². The first-order chi connectivity index (χ1) is 10.6. The lowest BCUT2D eigenvalue weighted by Crippen LogP contribution is -2.56. The van der Waals surface area contributed by atoms with Crippen molar-refractivity contribution < 1.29 is 18.7 Å². The van der Waals surface area contributed by atoms with E-state index in [4.69, 9.17) is 9.15 Å². The van der Waals surface area contributed by atoms with Gasteiger partial charge in [-0.2, -0.15) is 0 Å². The molecule has 0 aliphatic carbocycles. The zero-order valence-electron chi connectivity index (χ0n) is 13.1. The molecule has 1 aromatic rings. The van der Waals surface area contributed by atoms with Crippen LogP contribution in [0.5, 0.6) is 0 Å². The second-order valence-corrected chi connectivity index (χ2v) is 6.19. The quantitative estimate of drug-likeness (QED) is 0.787. The number of rotatable bonds is 3. The van der Waals surface area contributed by atoms with Crippen LogP contribution in [0.2, 0.25) is 0 Å². The van der Waals surface area contributed by atoms with Gasteiger partial charge < -0.3 is 14.1 Å². The second kappa shape index (κ2) is 5.76. The van der Waals surface area contributed by atoms with Gasteiger partial charge in [0.1, 0.15) is 5.76 Å². The Labute approximate surface area is 130 Å². The first kappa shape index (κ1) is 15.1. The highest BCUT2D eigenvalue weighted by Crippen LogP contribution is 2.43. The van der Waals surface area contributed by atoms with Gasteiger partial charge in [0.05, 0.1) is 31.4 Å². The molecule has 6 heteroatoms. The van der Waals surface area contributed by atoms with Gasteiger partial charge in [-0.05, 0) is 25.0 Å². The molecule has 1 atom stereocenters. The lowest BCUT2D eigenvalue weighted by Gasteiger charge is -2.45. The first-order valence-corrected chi connectivity index (χ1v) is 7.66. The Balaban J connectivity index is 1.71. The number of likely N-dealkylation sites (tertiary alicyclic amines) is 2. The predicted molar refractivity (Wildman–Crippen MR) is 78.8 cm³/mol. The van der Waals surface area contributed by atoms with Gasteiger partial charge in [-0.1, -0.05) is 0 Å². The molecule has 0 saturated carbocycles. The summed E-state index contributed by atoms with van der Waals surface area (Å²) < 4.78 is 10.3. The summed E-state index contributed by atoms with van der Waals surface area (Å²) in [5.41, 5.74) is -0.385. The van der Waals surface area contributed by atoms with Crippen LogP contribution < -0.4 is 0 Å². The van der Waals surface area contributed by atoms with Crippen LogP contribution in [0.3, 0.4) is 0 Å². The normalized spacial score (nSPS) is 24.9. The van der Waals surface area contributed by atoms with Crippen molar-refractivity contribution in [2.75, 3.05) is 27.2 Å². The van der Waals surface area contributed by atoms with Crippen LogP contribution in [0, 0.1) is 5.92 Å². The van der Waals surface area contributed by atoms with Crippen LogP contribution in [0.1, 0.15) is 25.0 Å². The van der Waals surface area contributed by atoms with Crippen LogP contribution in [-0.2, 0) is 20.9 Å². The summed E-state index contributed by atoms with van der Waals surface area (Å²) in [6, 6.07) is 3.85. The second-order valence-electron chi connectivity index (χ2n) is 6.19. The van der Waals surface area contributed by atoms with Crippen LogP contribution in [0.15, 0.2) is 22.8 Å². The van der Waals surface area contributed by atoms with Crippen LogP contribution in [0.25, 0.3) is 0 Å². The molecule has 2 fully saturated rings. The molecule has 0 radical (unpaired) electrons. The average molecular weight is 306 g/mol. The van der Waals surface area contributed by atoms with Gasteiger partial charge in [-0.15, -0.1) is 0 Å². The van der Waals surface area contributed by atoms with Crippen molar-refractivity contribution in [3.8, 4) is 0 Å². The standard InChI is InChI=1S/C16H22N2O4/c1-17-14(19)10-13(15(20)21-2)16(17)5-7-18(8-6-16)11-12-4-3-9-22-12/h3-4,9,13H,5-8,10-11H2,1-2H3. The predicted octanol–water partition coefficient (Wildman–Crippen LogP) is 1.27. The molecular formula is C16H22N2O4. The minimum atomic E-state index is -0.385. The Hall–Kier alpha value is -1.82. The number of ether oxygens (including phenoxy) is 1. The monoisotopic (exact) mass is 306 g/mol. The molecule has 0 aromatic carbocycles. The average Bonchev–Trinajstić information content (AvgIpc) is 3.12. The molecule has 0 N–H and O–H groups in total. The molecule has 120 valence electrons. The summed E-state index contributed by atoms with van der Waals surface area (Å²) in [7, 11) is 3.21. The van der Waals surface area contributed by atoms with E-state index in [0.717, 1.165) is 38.2 Å². The SMILES string of the molecule is COC(=O)C1CC(=O)N(C)C12CCN(Cc1ccco1)CC2. The number of methoxy groups -OCH3 is 1. The summed E-state index contributed by atoms with van der Waals surface area (Å²) >= 11 is 0. The third kappa shape index (κ3) is 2.41. The minimum absolute atomic E-state index is 0.0369. The fourth-order valence-electron chi connectivity index (χ4n) is 3.83. The zero-order chi connectivity index (χ0) is 15.7. The molecule has 3 heterocycles. The number of amides is 1. The Bertz CT molecular complexity index is 547. The topological polar surface area (TPSA) is 63.0 Å². The molecule has 2 aliphatic rings. The molecule has 2 saturated heterocycles. The van der Waals surface area contributed by atoms with E-state index in [2.05, 4.69) is 4.90 Å². The van der Waals surface area contributed by atoms with E-state index in [9.17, 15) is 9.59 Å². The van der Waals surface area contributed by atoms with Gasteiger partial charge in [0.2, 0.25) is 5.91 Å². The van der Waals surface area contributed by atoms with Crippen molar-refractivity contribution in [2.24, 2.45) is 5.92 Å². The third-order valence-corrected chi connectivity index (χ3v) is 5.24. The molecule has 0 bridgehead atoms. The number of esters is 1. The number of hydrogen-bond acceptors (Lipinski definition) is 5. The number of hydrogen-bond donors (Lipinski definition) is 0. The number of nitrogens with zero attached hydrogens (tertiary/aromatic N) is 2. The minimum Gasteiger partial charge on any atom is -0.469 e. The van der Waals surface area contributed by atoms with Crippen molar-refractivity contribution in [2.45, 2.75) is 31.3 Å². The fourth-order valence-corrected chi connectivity index (χ4v) is 3.83. The molecule has 1 amide bonds. The van der Waals surface area contributed by atoms with Crippen LogP contribution >= 0.6 is 0 Å². The molecule has 3 rings (SSSR count). The van der Waals surface area contributed by atoms with E-state index in [1.54, 1.807) is 11.2 Å². The maximum atomic E-state index is 12.1. The van der Waals surface area contributed by atoms with E-state index in [1.807, 2.05) is 19.2 Å². The van der Waals surface area contributed by atoms with Gasteiger partial charge in [0.25, 0.3) is 0 Å². The maximum Gasteiger partial charge on any atom is 0.311 e. The van der Waals surface area contributed by atoms with E-state index in [0.29, 0.717) is 0 Å². The Morgan fingerprint density at radius 3 is 2.77 bits per heavy atom. The molecule has 22 heavy (non-hydrogen) atoms. The maximum absolute atomic E-state index is 12.1. The lowest BCUT2D eigenvalue weighted by molar-refractivity contribution is -0.150. The summed E-state index contributed by atoms with van der Waals surface area (Å²) in [5, 5.41) is 0. The van der Waals surface area contributed by atoms with E-state index in [-0.39, 0.29) is 29.8 Å². The van der Waals surface area contributed by atoms with Gasteiger partial charge in [0, 0.05) is 26.6 Å². The molecule has 1 aromatic heterocycles. The van der Waals surface area contributed by atoms with Crippen molar-refractivity contribution >= 4 is 11.9 Å².